The van der Waals surface area contributed by atoms with Crippen LogP contribution in [-0.2, 0) is 4.79 Å². The van der Waals surface area contributed by atoms with E-state index in [0.29, 0.717) is 23.5 Å². The lowest BCUT2D eigenvalue weighted by Crippen LogP contribution is -2.50. The maximum Gasteiger partial charge on any atom is 0.165 e. The van der Waals surface area contributed by atoms with E-state index in [9.17, 15) is 9.90 Å². The SMILES string of the molecule is C[C@]12CC[C@H]3[C@@H](CC=C4C[C@@H](O)CC[C@]43C)[C@H]1C/C(=C/c1ccc(Cl)cc1)C2=O. The van der Waals surface area contributed by atoms with Crippen molar-refractivity contribution in [2.45, 2.75) is 64.9 Å². The number of carbonyl (C=O) groups excluding carboxylic acids is 1. The molecule has 4 aliphatic carbocycles. The topological polar surface area (TPSA) is 37.3 Å². The first-order chi connectivity index (χ1) is 13.8. The molecule has 3 saturated carbocycles. The van der Waals surface area contributed by atoms with Gasteiger partial charge in [-0.15, -0.1) is 0 Å². The number of aliphatic hydroxyl groups excluding tert-OH is 1. The number of Topliss-reactive ketones (excluding diaryl/α,β-unsaturated/α-hetero) is 1. The zero-order valence-electron chi connectivity index (χ0n) is 17.5. The number of fused-ring (bicyclic) bond motifs is 5. The molecule has 4 aliphatic rings. The first kappa shape index (κ1) is 19.6. The molecule has 0 aliphatic heterocycles. The van der Waals surface area contributed by atoms with Crippen LogP contribution in [0.1, 0.15) is 64.4 Å². The summed E-state index contributed by atoms with van der Waals surface area (Å²) in [7, 11) is 0. The number of halogens is 1. The fourth-order valence-corrected chi connectivity index (χ4v) is 7.33. The van der Waals surface area contributed by atoms with Crippen molar-refractivity contribution in [3.8, 4) is 0 Å². The van der Waals surface area contributed by atoms with Gasteiger partial charge in [0.05, 0.1) is 6.10 Å². The van der Waals surface area contributed by atoms with Crippen LogP contribution in [0.25, 0.3) is 6.08 Å². The summed E-state index contributed by atoms with van der Waals surface area (Å²) >= 11 is 6.02. The molecule has 0 heterocycles. The largest absolute Gasteiger partial charge is 0.393 e. The smallest absolute Gasteiger partial charge is 0.165 e. The average Bonchev–Trinajstić information content (AvgIpc) is 2.95. The van der Waals surface area contributed by atoms with Crippen molar-refractivity contribution in [1.82, 2.24) is 0 Å². The molecule has 29 heavy (non-hydrogen) atoms. The second-order valence-corrected chi connectivity index (χ2v) is 10.8. The van der Waals surface area contributed by atoms with Gasteiger partial charge in [-0.25, -0.2) is 0 Å². The standard InChI is InChI=1S/C26H31ClO2/c1-25-11-9-20(28)15-18(25)5-8-21-22(25)10-12-26(2)23(21)14-17(24(26)29)13-16-3-6-19(27)7-4-16/h3-7,13,20-23,28H,8-12,14-15H2,1-2H3/b17-13-/t20-,21+,22-,23+,25+,26-/m0/s1. The molecule has 0 saturated heterocycles. The number of aliphatic hydroxyl groups is 1. The van der Waals surface area contributed by atoms with Crippen molar-refractivity contribution in [1.29, 1.82) is 0 Å². The minimum Gasteiger partial charge on any atom is -0.393 e. The molecule has 6 atom stereocenters. The minimum atomic E-state index is -0.213. The van der Waals surface area contributed by atoms with Crippen LogP contribution in [0.3, 0.4) is 0 Å². The van der Waals surface area contributed by atoms with E-state index in [-0.39, 0.29) is 16.9 Å². The Bertz CT molecular complexity index is 898. The van der Waals surface area contributed by atoms with E-state index < -0.39 is 0 Å². The number of carbonyl (C=O) groups is 1. The number of ketones is 1. The van der Waals surface area contributed by atoms with Crippen molar-refractivity contribution >= 4 is 23.5 Å². The third-order valence-corrected chi connectivity index (χ3v) is 9.18. The van der Waals surface area contributed by atoms with Crippen molar-refractivity contribution in [2.24, 2.45) is 28.6 Å². The zero-order chi connectivity index (χ0) is 20.4. The van der Waals surface area contributed by atoms with Gasteiger partial charge in [-0.1, -0.05) is 49.2 Å². The number of allylic oxidation sites excluding steroid dienone is 2. The van der Waals surface area contributed by atoms with Crippen molar-refractivity contribution < 1.29 is 9.90 Å². The van der Waals surface area contributed by atoms with Crippen LogP contribution < -0.4 is 0 Å². The van der Waals surface area contributed by atoms with Crippen molar-refractivity contribution in [3.05, 3.63) is 52.1 Å². The Morgan fingerprint density at radius 1 is 1.03 bits per heavy atom. The van der Waals surface area contributed by atoms with E-state index in [0.717, 1.165) is 61.1 Å². The summed E-state index contributed by atoms with van der Waals surface area (Å²) in [6.45, 7) is 4.66. The van der Waals surface area contributed by atoms with Crippen molar-refractivity contribution in [2.75, 3.05) is 0 Å². The van der Waals surface area contributed by atoms with E-state index in [1.807, 2.05) is 24.3 Å². The number of rotatable bonds is 1. The first-order valence-electron chi connectivity index (χ1n) is 11.2. The predicted octanol–water partition coefficient (Wildman–Crippen LogP) is 6.23. The summed E-state index contributed by atoms with van der Waals surface area (Å²) in [5, 5.41) is 10.9. The number of hydrogen-bond donors (Lipinski definition) is 1. The van der Waals surface area contributed by atoms with Gasteiger partial charge >= 0.3 is 0 Å². The Labute approximate surface area is 179 Å². The molecule has 0 unspecified atom stereocenters. The van der Waals surface area contributed by atoms with E-state index in [4.69, 9.17) is 11.6 Å². The predicted molar refractivity (Wildman–Crippen MR) is 118 cm³/mol. The Kier molecular flexibility index (Phi) is 4.60. The molecule has 0 bridgehead atoms. The second-order valence-electron chi connectivity index (χ2n) is 10.4. The van der Waals surface area contributed by atoms with Crippen LogP contribution in [0.15, 0.2) is 41.5 Å². The fourth-order valence-electron chi connectivity index (χ4n) is 7.20. The molecule has 0 radical (unpaired) electrons. The van der Waals surface area contributed by atoms with Gasteiger partial charge in [0.25, 0.3) is 0 Å². The van der Waals surface area contributed by atoms with Gasteiger partial charge in [0.15, 0.2) is 5.78 Å². The Morgan fingerprint density at radius 2 is 1.76 bits per heavy atom. The van der Waals surface area contributed by atoms with Crippen LogP contribution in [0.2, 0.25) is 5.02 Å². The van der Waals surface area contributed by atoms with E-state index in [1.54, 1.807) is 0 Å². The molecule has 2 nitrogen and oxygen atoms in total. The third kappa shape index (κ3) is 2.98. The summed E-state index contributed by atoms with van der Waals surface area (Å²) in [6, 6.07) is 7.79. The lowest BCUT2D eigenvalue weighted by molar-refractivity contribution is -0.130. The van der Waals surface area contributed by atoms with Crippen LogP contribution >= 0.6 is 11.6 Å². The molecular formula is C26H31ClO2. The molecular weight excluding hydrogens is 380 g/mol. The van der Waals surface area contributed by atoms with Crippen LogP contribution in [0.4, 0.5) is 0 Å². The molecule has 3 fully saturated rings. The van der Waals surface area contributed by atoms with Crippen LogP contribution in [-0.4, -0.2) is 17.0 Å². The summed E-state index contributed by atoms with van der Waals surface area (Å²) in [5.74, 6) is 2.04. The quantitative estimate of drug-likeness (QED) is 0.440. The summed E-state index contributed by atoms with van der Waals surface area (Å²) < 4.78 is 0. The van der Waals surface area contributed by atoms with E-state index in [1.165, 1.54) is 5.57 Å². The molecule has 5 rings (SSSR count). The molecule has 1 aromatic carbocycles. The van der Waals surface area contributed by atoms with Gasteiger partial charge in [-0.3, -0.25) is 4.79 Å². The van der Waals surface area contributed by atoms with Crippen molar-refractivity contribution in [3.63, 3.8) is 0 Å². The Morgan fingerprint density at radius 3 is 2.52 bits per heavy atom. The highest BCUT2D eigenvalue weighted by molar-refractivity contribution is 6.30. The van der Waals surface area contributed by atoms with Crippen LogP contribution in [0.5, 0.6) is 0 Å². The van der Waals surface area contributed by atoms with Gasteiger partial charge in [-0.05, 0) is 97.5 Å². The molecule has 0 spiro atoms. The van der Waals surface area contributed by atoms with Gasteiger partial charge in [0, 0.05) is 10.4 Å². The van der Waals surface area contributed by atoms with Gasteiger partial charge < -0.3 is 5.11 Å². The molecule has 0 aromatic heterocycles. The van der Waals surface area contributed by atoms with Gasteiger partial charge in [0.1, 0.15) is 0 Å². The average molecular weight is 411 g/mol. The second kappa shape index (κ2) is 6.82. The highest BCUT2D eigenvalue weighted by Crippen LogP contribution is 2.64. The van der Waals surface area contributed by atoms with Crippen LogP contribution in [0, 0.1) is 28.6 Å². The number of benzene rings is 1. The molecule has 154 valence electrons. The highest BCUT2D eigenvalue weighted by Gasteiger charge is 2.59. The first-order valence-corrected chi connectivity index (χ1v) is 11.6. The molecule has 1 N–H and O–H groups in total. The Hall–Kier alpha value is -1.38. The molecule has 1 aromatic rings. The minimum absolute atomic E-state index is 0.165. The Balaban J connectivity index is 1.47. The molecule has 0 amide bonds. The highest BCUT2D eigenvalue weighted by atomic mass is 35.5. The zero-order valence-corrected chi connectivity index (χ0v) is 18.2. The summed E-state index contributed by atoms with van der Waals surface area (Å²) in [5.41, 5.74) is 3.56. The lowest BCUT2D eigenvalue weighted by atomic mass is 9.48. The van der Waals surface area contributed by atoms with Gasteiger partial charge in [0.2, 0.25) is 0 Å². The normalized spacial score (nSPS) is 42.8. The van der Waals surface area contributed by atoms with E-state index >= 15 is 0 Å². The third-order valence-electron chi connectivity index (χ3n) is 8.93. The maximum atomic E-state index is 13.5. The maximum absolute atomic E-state index is 13.5. The summed E-state index contributed by atoms with van der Waals surface area (Å²) in [4.78, 5) is 13.5. The fraction of sp³-hybridized carbons (Fsp3) is 0.577. The van der Waals surface area contributed by atoms with Gasteiger partial charge in [-0.2, -0.15) is 0 Å². The number of hydrogen-bond acceptors (Lipinski definition) is 2. The molecule has 3 heteroatoms. The monoisotopic (exact) mass is 410 g/mol. The summed E-state index contributed by atoms with van der Waals surface area (Å²) in [6.07, 6.45) is 11.3. The lowest BCUT2D eigenvalue weighted by Gasteiger charge is -2.56. The van der Waals surface area contributed by atoms with E-state index in [2.05, 4.69) is 26.0 Å².